The summed E-state index contributed by atoms with van der Waals surface area (Å²) in [4.78, 5) is 35.8. The van der Waals surface area contributed by atoms with Crippen LogP contribution in [0.1, 0.15) is 75.6 Å². The van der Waals surface area contributed by atoms with Gasteiger partial charge >= 0.3 is 17.9 Å². The van der Waals surface area contributed by atoms with Crippen LogP contribution in [0.15, 0.2) is 91.1 Å². The lowest BCUT2D eigenvalue weighted by Gasteiger charge is -2.21. The van der Waals surface area contributed by atoms with E-state index < -0.39 is 11.9 Å². The number of hydrogen-bond donors (Lipinski definition) is 2. The van der Waals surface area contributed by atoms with Crippen LogP contribution in [-0.4, -0.2) is 67.8 Å². The van der Waals surface area contributed by atoms with E-state index in [0.29, 0.717) is 61.2 Å². The molecule has 0 amide bonds. The van der Waals surface area contributed by atoms with Gasteiger partial charge in [0.15, 0.2) is 0 Å². The molecule has 0 aliphatic rings. The molecule has 0 radical (unpaired) electrons. The van der Waals surface area contributed by atoms with Crippen molar-refractivity contribution in [2.75, 3.05) is 39.6 Å². The Balaban J connectivity index is 1.95. The smallest absolute Gasteiger partial charge is 0.333 e. The SMILES string of the molecule is C=C(C)C(=O)OCCCc1ccc(-c2ccc(-c3cc(CCCOC(=O)C(=C)C)c(OCCC(CO)CO)c(CCCOC(=O)C(=C)C)c3)c(CC)c2)cc1. The summed E-state index contributed by atoms with van der Waals surface area (Å²) in [6.07, 6.45) is 5.03. The quantitative estimate of drug-likeness (QED) is 0.0404. The molecule has 0 heterocycles. The molecule has 0 aliphatic carbocycles. The number of esters is 3. The van der Waals surface area contributed by atoms with Crippen molar-refractivity contribution in [3.63, 3.8) is 0 Å². The van der Waals surface area contributed by atoms with Crippen LogP contribution in [0.5, 0.6) is 5.75 Å². The second kappa shape index (κ2) is 23.0. The highest BCUT2D eigenvalue weighted by atomic mass is 16.5. The highest BCUT2D eigenvalue weighted by molar-refractivity contribution is 5.87. The highest BCUT2D eigenvalue weighted by Gasteiger charge is 2.18. The van der Waals surface area contributed by atoms with Crippen LogP contribution in [0.3, 0.4) is 0 Å². The molecule has 296 valence electrons. The van der Waals surface area contributed by atoms with Crippen molar-refractivity contribution in [2.24, 2.45) is 5.92 Å². The predicted octanol–water partition coefficient (Wildman–Crippen LogP) is 8.11. The number of aliphatic hydroxyl groups excluding tert-OH is 2. The molecule has 0 unspecified atom stereocenters. The monoisotopic (exact) mass is 754 g/mol. The van der Waals surface area contributed by atoms with E-state index in [4.69, 9.17) is 18.9 Å². The second-order valence-corrected chi connectivity index (χ2v) is 14.0. The van der Waals surface area contributed by atoms with Gasteiger partial charge < -0.3 is 29.2 Å². The Hall–Kier alpha value is -4.99. The van der Waals surface area contributed by atoms with Gasteiger partial charge in [-0.25, -0.2) is 14.4 Å². The van der Waals surface area contributed by atoms with Crippen LogP contribution in [0.25, 0.3) is 22.3 Å². The summed E-state index contributed by atoms with van der Waals surface area (Å²) in [6.45, 7) is 18.7. The number of hydrogen-bond acceptors (Lipinski definition) is 9. The van der Waals surface area contributed by atoms with Gasteiger partial charge in [0.25, 0.3) is 0 Å². The van der Waals surface area contributed by atoms with Crippen molar-refractivity contribution in [3.05, 3.63) is 113 Å². The maximum Gasteiger partial charge on any atom is 0.333 e. The van der Waals surface area contributed by atoms with E-state index in [-0.39, 0.29) is 44.9 Å². The van der Waals surface area contributed by atoms with Gasteiger partial charge in [0.05, 0.1) is 26.4 Å². The number of aliphatic hydroxyl groups is 2. The Bertz CT molecular complexity index is 1730. The zero-order valence-corrected chi connectivity index (χ0v) is 33.0. The summed E-state index contributed by atoms with van der Waals surface area (Å²) in [5.41, 5.74) is 9.61. The molecule has 0 atom stereocenters. The normalized spacial score (nSPS) is 10.9. The van der Waals surface area contributed by atoms with Crippen molar-refractivity contribution in [3.8, 4) is 28.0 Å². The number of carbonyl (C=O) groups excluding carboxylic acids is 3. The molecule has 0 aliphatic heterocycles. The van der Waals surface area contributed by atoms with Crippen molar-refractivity contribution in [1.29, 1.82) is 0 Å². The Morgan fingerprint density at radius 1 is 0.600 bits per heavy atom. The lowest BCUT2D eigenvalue weighted by Crippen LogP contribution is -2.16. The molecule has 0 spiro atoms. The Morgan fingerprint density at radius 3 is 1.51 bits per heavy atom. The number of benzene rings is 3. The fraction of sp³-hybridized carbons (Fsp3) is 0.413. The highest BCUT2D eigenvalue weighted by Crippen LogP contribution is 2.36. The summed E-state index contributed by atoms with van der Waals surface area (Å²) in [7, 11) is 0. The fourth-order valence-corrected chi connectivity index (χ4v) is 5.91. The summed E-state index contributed by atoms with van der Waals surface area (Å²) in [6, 6.07) is 19.2. The first-order valence-corrected chi connectivity index (χ1v) is 19.1. The number of carbonyl (C=O) groups is 3. The van der Waals surface area contributed by atoms with E-state index in [0.717, 1.165) is 58.2 Å². The maximum absolute atomic E-state index is 12.1. The summed E-state index contributed by atoms with van der Waals surface area (Å²) >= 11 is 0. The van der Waals surface area contributed by atoms with Crippen LogP contribution in [0, 0.1) is 5.92 Å². The van der Waals surface area contributed by atoms with Crippen LogP contribution in [0.4, 0.5) is 0 Å². The molecule has 0 saturated heterocycles. The number of aryl methyl sites for hydroxylation is 4. The minimum atomic E-state index is -0.432. The van der Waals surface area contributed by atoms with Gasteiger partial charge in [0.1, 0.15) is 5.75 Å². The fourth-order valence-electron chi connectivity index (χ4n) is 5.91. The third kappa shape index (κ3) is 14.3. The van der Waals surface area contributed by atoms with E-state index in [1.807, 2.05) is 0 Å². The van der Waals surface area contributed by atoms with Crippen molar-refractivity contribution in [2.45, 2.75) is 79.1 Å². The van der Waals surface area contributed by atoms with Gasteiger partial charge in [-0.3, -0.25) is 0 Å². The third-order valence-electron chi connectivity index (χ3n) is 9.15. The molecule has 3 rings (SSSR count). The van der Waals surface area contributed by atoms with E-state index >= 15 is 0 Å². The molecule has 55 heavy (non-hydrogen) atoms. The first kappa shape index (κ1) is 44.4. The Morgan fingerprint density at radius 2 is 1.05 bits per heavy atom. The summed E-state index contributed by atoms with van der Waals surface area (Å²) < 4.78 is 22.5. The number of ether oxygens (including phenoxy) is 4. The zero-order valence-electron chi connectivity index (χ0n) is 33.0. The molecule has 2 N–H and O–H groups in total. The third-order valence-corrected chi connectivity index (χ3v) is 9.15. The van der Waals surface area contributed by atoms with E-state index in [1.165, 1.54) is 5.56 Å². The average molecular weight is 755 g/mol. The minimum Gasteiger partial charge on any atom is -0.493 e. The van der Waals surface area contributed by atoms with Crippen LogP contribution in [0.2, 0.25) is 0 Å². The standard InChI is InChI=1S/C46H58O9/c1-8-36-26-38(37-17-15-34(16-18-37)12-9-22-53-44(49)31(2)3)19-20-42(36)41-27-39(13-10-23-54-45(50)32(4)5)43(52-25-21-35(29-47)30-48)40(28-41)14-11-24-55-46(51)33(6)7/h15-20,26-28,35,47-48H,2,4,6,8-14,21-25,29-30H2,1,3,5,7H3. The topological polar surface area (TPSA) is 129 Å². The first-order valence-electron chi connectivity index (χ1n) is 19.1. The average Bonchev–Trinajstić information content (AvgIpc) is 3.18. The second-order valence-electron chi connectivity index (χ2n) is 14.0. The molecule has 3 aromatic rings. The summed E-state index contributed by atoms with van der Waals surface area (Å²) in [5, 5.41) is 19.3. The largest absolute Gasteiger partial charge is 0.493 e. The first-order chi connectivity index (χ1) is 26.4. The molecule has 0 saturated carbocycles. The van der Waals surface area contributed by atoms with Crippen molar-refractivity contribution in [1.82, 2.24) is 0 Å². The molecule has 3 aromatic carbocycles. The minimum absolute atomic E-state index is 0.143. The molecular formula is C46H58O9. The molecule has 0 aromatic heterocycles. The number of rotatable bonds is 24. The van der Waals surface area contributed by atoms with Gasteiger partial charge in [0.2, 0.25) is 0 Å². The van der Waals surface area contributed by atoms with Gasteiger partial charge in [0, 0.05) is 35.9 Å². The van der Waals surface area contributed by atoms with E-state index in [9.17, 15) is 24.6 Å². The molecule has 9 nitrogen and oxygen atoms in total. The predicted molar refractivity (Wildman–Crippen MR) is 217 cm³/mol. The lowest BCUT2D eigenvalue weighted by atomic mass is 9.89. The Labute approximate surface area is 326 Å². The van der Waals surface area contributed by atoms with Gasteiger partial charge in [-0.05, 0) is 129 Å². The lowest BCUT2D eigenvalue weighted by molar-refractivity contribution is -0.139. The van der Waals surface area contributed by atoms with Crippen LogP contribution >= 0.6 is 0 Å². The van der Waals surface area contributed by atoms with Crippen molar-refractivity contribution >= 4 is 17.9 Å². The van der Waals surface area contributed by atoms with Gasteiger partial charge in [-0.15, -0.1) is 0 Å². The van der Waals surface area contributed by atoms with E-state index in [1.54, 1.807) is 20.8 Å². The van der Waals surface area contributed by atoms with Gasteiger partial charge in [-0.2, -0.15) is 0 Å². The van der Waals surface area contributed by atoms with E-state index in [2.05, 4.69) is 81.3 Å². The Kier molecular flexibility index (Phi) is 18.6. The molecule has 0 bridgehead atoms. The zero-order chi connectivity index (χ0) is 40.3. The molecular weight excluding hydrogens is 696 g/mol. The van der Waals surface area contributed by atoms with Crippen molar-refractivity contribution < 1.29 is 43.5 Å². The molecule has 0 fully saturated rings. The van der Waals surface area contributed by atoms with Crippen LogP contribution < -0.4 is 4.74 Å². The van der Waals surface area contributed by atoms with Crippen LogP contribution in [-0.2, 0) is 54.3 Å². The van der Waals surface area contributed by atoms with Gasteiger partial charge in [-0.1, -0.05) is 69.1 Å². The molecule has 9 heteroatoms. The maximum atomic E-state index is 12.1. The summed E-state index contributed by atoms with van der Waals surface area (Å²) in [5.74, 6) is -0.818.